The smallest absolute Gasteiger partial charge is 0.258 e. The minimum Gasteiger partial charge on any atom is -1.00 e. The Morgan fingerprint density at radius 3 is 2.04 bits per heavy atom. The van der Waals surface area contributed by atoms with E-state index in [1.54, 1.807) is 12.1 Å². The number of hydrogen-bond acceptors (Lipinski definition) is 5. The molecule has 144 valence electrons. The number of carbonyl (C=O) groups is 1. The second-order valence-corrected chi connectivity index (χ2v) is 5.21. The third-order valence-electron chi connectivity index (χ3n) is 3.81. The second-order valence-electron chi connectivity index (χ2n) is 5.21. The molecule has 0 saturated carbocycles. The average molecular weight is 377 g/mol. The van der Waals surface area contributed by atoms with Gasteiger partial charge in [-0.15, -0.1) is 0 Å². The minimum atomic E-state index is -0.157. The molecule has 25 heavy (non-hydrogen) atoms. The van der Waals surface area contributed by atoms with Crippen LogP contribution in [0.25, 0.3) is 0 Å². The van der Waals surface area contributed by atoms with Crippen LogP contribution in [0.15, 0.2) is 12.1 Å². The lowest BCUT2D eigenvalue weighted by atomic mass is 10.2. The first-order chi connectivity index (χ1) is 11.6. The molecule has 0 unspecified atom stereocenters. The van der Waals surface area contributed by atoms with Crippen LogP contribution in [0.3, 0.4) is 0 Å². The summed E-state index contributed by atoms with van der Waals surface area (Å²) in [6, 6.07) is 3.32. The molecular weight excluding hydrogens is 348 g/mol. The summed E-state index contributed by atoms with van der Waals surface area (Å²) in [5.41, 5.74) is 0. The lowest BCUT2D eigenvalue weighted by molar-refractivity contribution is -0.895. The molecule has 1 rings (SSSR count). The van der Waals surface area contributed by atoms with E-state index < -0.39 is 0 Å². The van der Waals surface area contributed by atoms with Crippen molar-refractivity contribution in [3.8, 4) is 23.0 Å². The van der Waals surface area contributed by atoms with Crippen molar-refractivity contribution in [2.75, 3.05) is 54.1 Å². The fraction of sp³-hybridized carbons (Fsp3) is 0.588. The van der Waals surface area contributed by atoms with Gasteiger partial charge in [0.1, 0.15) is 5.75 Å². The topological polar surface area (TPSA) is 70.5 Å². The molecule has 0 fully saturated rings. The van der Waals surface area contributed by atoms with E-state index in [0.29, 0.717) is 29.5 Å². The first-order valence-electron chi connectivity index (χ1n) is 8.12. The minimum absolute atomic E-state index is 0. The molecule has 0 aliphatic heterocycles. The predicted octanol–water partition coefficient (Wildman–Crippen LogP) is -2.86. The van der Waals surface area contributed by atoms with Gasteiger partial charge >= 0.3 is 0 Å². The van der Waals surface area contributed by atoms with Gasteiger partial charge < -0.3 is 41.6 Å². The molecule has 0 aliphatic rings. The summed E-state index contributed by atoms with van der Waals surface area (Å²) in [7, 11) is 4.60. The van der Waals surface area contributed by atoms with Crippen LogP contribution in [0.4, 0.5) is 0 Å². The average Bonchev–Trinajstić information content (AvgIpc) is 2.62. The van der Waals surface area contributed by atoms with Crippen LogP contribution >= 0.6 is 0 Å². The molecule has 0 heterocycles. The van der Waals surface area contributed by atoms with Crippen molar-refractivity contribution in [3.05, 3.63) is 12.1 Å². The van der Waals surface area contributed by atoms with Crippen LogP contribution in [-0.2, 0) is 4.79 Å². The zero-order valence-corrected chi connectivity index (χ0v) is 16.4. The first kappa shape index (κ1) is 23.1. The fourth-order valence-corrected chi connectivity index (χ4v) is 2.32. The van der Waals surface area contributed by atoms with Crippen LogP contribution in [0.5, 0.6) is 23.0 Å². The van der Waals surface area contributed by atoms with Gasteiger partial charge in [0, 0.05) is 12.1 Å². The maximum atomic E-state index is 11.9. The number of benzene rings is 1. The molecule has 1 aromatic rings. The normalized spacial score (nSPS) is 10.0. The van der Waals surface area contributed by atoms with Crippen LogP contribution < -0.4 is 41.6 Å². The highest BCUT2D eigenvalue weighted by molar-refractivity contribution is 5.77. The van der Waals surface area contributed by atoms with Gasteiger partial charge in [0.15, 0.2) is 18.1 Å². The molecule has 0 atom stereocenters. The molecule has 0 aromatic heterocycles. The highest BCUT2D eigenvalue weighted by Gasteiger charge is 2.14. The molecule has 8 heteroatoms. The van der Waals surface area contributed by atoms with Crippen molar-refractivity contribution >= 4 is 5.91 Å². The number of nitrogens with one attached hydrogen (secondary N) is 2. The van der Waals surface area contributed by atoms with E-state index in [1.165, 1.54) is 26.2 Å². The highest BCUT2D eigenvalue weighted by Crippen LogP contribution is 2.40. The molecule has 1 amide bonds. The number of likely N-dealkylation sites (N-methyl/N-ethyl adjacent to an activating group) is 1. The summed E-state index contributed by atoms with van der Waals surface area (Å²) in [5.74, 6) is 1.78. The van der Waals surface area contributed by atoms with E-state index >= 15 is 0 Å². The van der Waals surface area contributed by atoms with Gasteiger partial charge in [-0.3, -0.25) is 4.79 Å². The van der Waals surface area contributed by atoms with Crippen LogP contribution in [-0.4, -0.2) is 60.0 Å². The standard InChI is InChI=1S/C17H28N2O5.ClH/c1-6-19(7-2)9-8-18-16(20)12-24-13-10-14(21-3)17(23-5)15(11-13)22-4;/h10-11H,6-9,12H2,1-5H3,(H,18,20);1H. The summed E-state index contributed by atoms with van der Waals surface area (Å²) in [6.45, 7) is 7.84. The number of hydrogen-bond donors (Lipinski definition) is 2. The fourth-order valence-electron chi connectivity index (χ4n) is 2.32. The Bertz CT molecular complexity index is 499. The van der Waals surface area contributed by atoms with Crippen LogP contribution in [0.1, 0.15) is 13.8 Å². The number of rotatable bonds is 11. The van der Waals surface area contributed by atoms with Crippen LogP contribution in [0, 0.1) is 0 Å². The zero-order chi connectivity index (χ0) is 17.9. The number of carbonyl (C=O) groups excluding carboxylic acids is 1. The van der Waals surface area contributed by atoms with Crippen molar-refractivity contribution in [2.24, 2.45) is 0 Å². The van der Waals surface area contributed by atoms with Crippen molar-refractivity contribution in [1.29, 1.82) is 0 Å². The molecule has 1 aromatic carbocycles. The van der Waals surface area contributed by atoms with Gasteiger partial charge in [-0.2, -0.15) is 0 Å². The molecular formula is C17H29ClN2O5. The Morgan fingerprint density at radius 1 is 1.04 bits per heavy atom. The van der Waals surface area contributed by atoms with Crippen molar-refractivity contribution in [3.63, 3.8) is 0 Å². The number of methoxy groups -OCH3 is 3. The van der Waals surface area contributed by atoms with E-state index in [2.05, 4.69) is 19.2 Å². The number of halogens is 1. The number of amides is 1. The summed E-state index contributed by atoms with van der Waals surface area (Å²) in [5, 5.41) is 2.86. The van der Waals surface area contributed by atoms with Gasteiger partial charge in [0.2, 0.25) is 5.75 Å². The summed E-state index contributed by atoms with van der Waals surface area (Å²) >= 11 is 0. The van der Waals surface area contributed by atoms with Gasteiger partial charge in [0.25, 0.3) is 5.91 Å². The van der Waals surface area contributed by atoms with E-state index in [0.717, 1.165) is 19.6 Å². The van der Waals surface area contributed by atoms with Gasteiger partial charge in [-0.1, -0.05) is 0 Å². The Morgan fingerprint density at radius 2 is 1.60 bits per heavy atom. The second kappa shape index (κ2) is 12.5. The molecule has 2 N–H and O–H groups in total. The lowest BCUT2D eigenvalue weighted by Crippen LogP contribution is -3.12. The zero-order valence-electron chi connectivity index (χ0n) is 15.6. The number of ether oxygens (including phenoxy) is 4. The maximum absolute atomic E-state index is 11.9. The van der Waals surface area contributed by atoms with Crippen molar-refractivity contribution in [2.45, 2.75) is 13.8 Å². The molecule has 0 radical (unpaired) electrons. The van der Waals surface area contributed by atoms with Gasteiger partial charge in [-0.05, 0) is 13.8 Å². The monoisotopic (exact) mass is 376 g/mol. The van der Waals surface area contributed by atoms with E-state index in [1.807, 2.05) is 0 Å². The summed E-state index contributed by atoms with van der Waals surface area (Å²) in [6.07, 6.45) is 0. The molecule has 0 aliphatic carbocycles. The van der Waals surface area contributed by atoms with Crippen LogP contribution in [0.2, 0.25) is 0 Å². The van der Waals surface area contributed by atoms with Gasteiger partial charge in [-0.25, -0.2) is 0 Å². The highest BCUT2D eigenvalue weighted by atomic mass is 35.5. The summed E-state index contributed by atoms with van der Waals surface area (Å²) in [4.78, 5) is 13.3. The van der Waals surface area contributed by atoms with Crippen molar-refractivity contribution in [1.82, 2.24) is 5.32 Å². The third kappa shape index (κ3) is 7.27. The first-order valence-corrected chi connectivity index (χ1v) is 8.12. The van der Waals surface area contributed by atoms with E-state index in [4.69, 9.17) is 18.9 Å². The quantitative estimate of drug-likeness (QED) is 0.435. The SMILES string of the molecule is CC[NH+](CC)CCNC(=O)COc1cc(OC)c(OC)c(OC)c1.[Cl-]. The number of quaternary nitrogens is 1. The van der Waals surface area contributed by atoms with E-state index in [-0.39, 0.29) is 24.9 Å². The predicted molar refractivity (Wildman–Crippen MR) is 91.5 cm³/mol. The third-order valence-corrected chi connectivity index (χ3v) is 3.81. The van der Waals surface area contributed by atoms with E-state index in [9.17, 15) is 4.79 Å². The Balaban J connectivity index is 0.00000576. The lowest BCUT2D eigenvalue weighted by Gasteiger charge is -2.16. The van der Waals surface area contributed by atoms with Crippen molar-refractivity contribution < 1.29 is 41.0 Å². The molecule has 7 nitrogen and oxygen atoms in total. The Labute approximate surface area is 156 Å². The Hall–Kier alpha value is -1.86. The summed E-state index contributed by atoms with van der Waals surface area (Å²) < 4.78 is 21.3. The maximum Gasteiger partial charge on any atom is 0.258 e. The Kier molecular flexibility index (Phi) is 11.6. The van der Waals surface area contributed by atoms with Gasteiger partial charge in [0.05, 0.1) is 47.5 Å². The molecule has 0 bridgehead atoms. The molecule has 0 saturated heterocycles. The largest absolute Gasteiger partial charge is 1.00 e. The molecule has 0 spiro atoms.